The van der Waals surface area contributed by atoms with E-state index in [2.05, 4.69) is 17.1 Å². The molecule has 8 nitrogen and oxygen atoms in total. The molecule has 0 bridgehead atoms. The van der Waals surface area contributed by atoms with E-state index in [1.165, 1.54) is 30.3 Å². The molecule has 1 aromatic carbocycles. The van der Waals surface area contributed by atoms with Crippen LogP contribution in [-0.4, -0.2) is 44.3 Å². The molecule has 2 aromatic rings. The Bertz CT molecular complexity index is 762. The molecule has 3 rings (SSSR count). The van der Waals surface area contributed by atoms with Gasteiger partial charge >= 0.3 is 0 Å². The van der Waals surface area contributed by atoms with Gasteiger partial charge < -0.3 is 9.32 Å². The number of rotatable bonds is 5. The number of nitrogens with zero attached hydrogens (tertiary/aromatic N) is 4. The van der Waals surface area contributed by atoms with E-state index in [1.54, 1.807) is 12.1 Å². The van der Waals surface area contributed by atoms with Crippen molar-refractivity contribution in [3.8, 4) is 11.5 Å². The highest BCUT2D eigenvalue weighted by Crippen LogP contribution is 2.26. The van der Waals surface area contributed by atoms with Gasteiger partial charge in [0.05, 0.1) is 10.7 Å². The third-order valence-electron chi connectivity index (χ3n) is 4.17. The summed E-state index contributed by atoms with van der Waals surface area (Å²) in [6.45, 7) is 2.87. The molecule has 1 aliphatic rings. The van der Waals surface area contributed by atoms with Gasteiger partial charge in [-0.05, 0) is 38.3 Å². The van der Waals surface area contributed by atoms with Crippen LogP contribution in [0.25, 0.3) is 11.5 Å². The second-order valence-corrected chi connectivity index (χ2v) is 6.82. The Kier molecular flexibility index (Phi) is 5.32. The fraction of sp³-hybridized carbons (Fsp3) is 0.438. The molecule has 0 saturated carbocycles. The fourth-order valence-electron chi connectivity index (χ4n) is 2.79. The zero-order valence-corrected chi connectivity index (χ0v) is 14.6. The number of nitro benzene ring substituents is 1. The number of carbonyl (C=O) groups excluding carboxylic acids is 1. The van der Waals surface area contributed by atoms with Crippen LogP contribution in [0.1, 0.15) is 26.2 Å². The maximum absolute atomic E-state index is 12.3. The number of non-ortho nitro benzene ring substituents is 1. The molecule has 25 heavy (non-hydrogen) atoms. The van der Waals surface area contributed by atoms with Crippen LogP contribution >= 0.6 is 11.8 Å². The lowest BCUT2D eigenvalue weighted by atomic mass is 10.0. The van der Waals surface area contributed by atoms with Gasteiger partial charge in [0.15, 0.2) is 0 Å². The van der Waals surface area contributed by atoms with Crippen molar-refractivity contribution in [1.29, 1.82) is 0 Å². The highest BCUT2D eigenvalue weighted by Gasteiger charge is 2.23. The Morgan fingerprint density at radius 1 is 1.36 bits per heavy atom. The number of benzene rings is 1. The van der Waals surface area contributed by atoms with Crippen LogP contribution in [0.4, 0.5) is 5.69 Å². The van der Waals surface area contributed by atoms with Crippen LogP contribution in [0.3, 0.4) is 0 Å². The van der Waals surface area contributed by atoms with Crippen molar-refractivity contribution in [2.24, 2.45) is 0 Å². The predicted octanol–water partition coefficient (Wildman–Crippen LogP) is 3.14. The van der Waals surface area contributed by atoms with E-state index in [9.17, 15) is 14.9 Å². The van der Waals surface area contributed by atoms with E-state index in [0.717, 1.165) is 19.4 Å². The second-order valence-electron chi connectivity index (χ2n) is 5.90. The molecule has 1 fully saturated rings. The third-order valence-corrected chi connectivity index (χ3v) is 4.98. The number of thioether (sulfide) groups is 1. The van der Waals surface area contributed by atoms with Crippen molar-refractivity contribution in [2.75, 3.05) is 12.3 Å². The Morgan fingerprint density at radius 3 is 2.80 bits per heavy atom. The van der Waals surface area contributed by atoms with E-state index in [1.807, 2.05) is 4.90 Å². The summed E-state index contributed by atoms with van der Waals surface area (Å²) in [5, 5.41) is 18.8. The van der Waals surface area contributed by atoms with Gasteiger partial charge in [0.1, 0.15) is 0 Å². The Balaban J connectivity index is 1.60. The minimum Gasteiger partial charge on any atom is -0.411 e. The van der Waals surface area contributed by atoms with Crippen LogP contribution in [-0.2, 0) is 4.79 Å². The summed E-state index contributed by atoms with van der Waals surface area (Å²) in [4.78, 5) is 24.4. The van der Waals surface area contributed by atoms with Crippen molar-refractivity contribution in [2.45, 2.75) is 37.5 Å². The highest BCUT2D eigenvalue weighted by atomic mass is 32.2. The lowest BCUT2D eigenvalue weighted by Crippen LogP contribution is -2.42. The normalized spacial score (nSPS) is 17.5. The molecule has 1 aromatic heterocycles. The number of nitro groups is 1. The monoisotopic (exact) mass is 362 g/mol. The van der Waals surface area contributed by atoms with Crippen molar-refractivity contribution in [1.82, 2.24) is 15.1 Å². The average molecular weight is 362 g/mol. The van der Waals surface area contributed by atoms with Gasteiger partial charge in [-0.3, -0.25) is 14.9 Å². The van der Waals surface area contributed by atoms with Gasteiger partial charge in [0.25, 0.3) is 10.9 Å². The maximum atomic E-state index is 12.3. The number of aromatic nitrogens is 2. The first kappa shape index (κ1) is 17.4. The molecular weight excluding hydrogens is 344 g/mol. The molecule has 0 aliphatic carbocycles. The maximum Gasteiger partial charge on any atom is 0.277 e. The van der Waals surface area contributed by atoms with Gasteiger partial charge in [-0.1, -0.05) is 11.8 Å². The van der Waals surface area contributed by atoms with E-state index in [-0.39, 0.29) is 29.3 Å². The molecular formula is C16H18N4O4S. The molecule has 1 aliphatic heterocycles. The fourth-order valence-corrected chi connectivity index (χ4v) is 3.43. The van der Waals surface area contributed by atoms with Crippen molar-refractivity contribution in [3.63, 3.8) is 0 Å². The summed E-state index contributed by atoms with van der Waals surface area (Å²) in [5.74, 6) is 0.607. The van der Waals surface area contributed by atoms with Crippen LogP contribution < -0.4 is 0 Å². The Hall–Kier alpha value is -2.42. The van der Waals surface area contributed by atoms with Gasteiger partial charge in [-0.15, -0.1) is 10.2 Å². The SMILES string of the molecule is CC1CCCCN1C(=O)CSc1nnc(-c2ccc([N+](=O)[O-])cc2)o1. The van der Waals surface area contributed by atoms with Gasteiger partial charge in [0, 0.05) is 30.3 Å². The number of hydrogen-bond acceptors (Lipinski definition) is 7. The summed E-state index contributed by atoms with van der Waals surface area (Å²) in [7, 11) is 0. The molecule has 1 unspecified atom stereocenters. The van der Waals surface area contributed by atoms with E-state index < -0.39 is 4.92 Å². The van der Waals surface area contributed by atoms with Crippen LogP contribution in [0.15, 0.2) is 33.9 Å². The molecule has 9 heteroatoms. The van der Waals surface area contributed by atoms with Gasteiger partial charge in [-0.2, -0.15) is 0 Å². The smallest absolute Gasteiger partial charge is 0.277 e. The van der Waals surface area contributed by atoms with E-state index >= 15 is 0 Å². The quantitative estimate of drug-likeness (QED) is 0.457. The number of hydrogen-bond donors (Lipinski definition) is 0. The number of piperidine rings is 1. The van der Waals surface area contributed by atoms with E-state index in [4.69, 9.17) is 4.42 Å². The van der Waals surface area contributed by atoms with Crippen molar-refractivity contribution >= 4 is 23.4 Å². The first-order valence-electron chi connectivity index (χ1n) is 8.05. The van der Waals surface area contributed by atoms with E-state index in [0.29, 0.717) is 10.8 Å². The predicted molar refractivity (Wildman–Crippen MR) is 92.1 cm³/mol. The molecule has 2 heterocycles. The highest BCUT2D eigenvalue weighted by molar-refractivity contribution is 7.99. The molecule has 132 valence electrons. The van der Waals surface area contributed by atoms with Crippen molar-refractivity contribution in [3.05, 3.63) is 34.4 Å². The molecule has 1 atom stereocenters. The Morgan fingerprint density at radius 2 is 2.12 bits per heavy atom. The summed E-state index contributed by atoms with van der Waals surface area (Å²) >= 11 is 1.21. The Labute approximate surface area is 148 Å². The lowest BCUT2D eigenvalue weighted by molar-refractivity contribution is -0.384. The lowest BCUT2D eigenvalue weighted by Gasteiger charge is -2.33. The van der Waals surface area contributed by atoms with Gasteiger partial charge in [0.2, 0.25) is 11.8 Å². The summed E-state index contributed by atoms with van der Waals surface area (Å²) in [6.07, 6.45) is 3.26. The average Bonchev–Trinajstić information content (AvgIpc) is 3.09. The summed E-state index contributed by atoms with van der Waals surface area (Å²) in [5.41, 5.74) is 0.597. The number of carbonyl (C=O) groups is 1. The topological polar surface area (TPSA) is 102 Å². The van der Waals surface area contributed by atoms with Crippen LogP contribution in [0, 0.1) is 10.1 Å². The standard InChI is InChI=1S/C16H18N4O4S/c1-11-4-2-3-9-19(11)14(21)10-25-16-18-17-15(24-16)12-5-7-13(8-6-12)20(22)23/h5-8,11H,2-4,9-10H2,1H3. The number of amides is 1. The molecule has 1 saturated heterocycles. The zero-order chi connectivity index (χ0) is 17.8. The first-order chi connectivity index (χ1) is 12.0. The first-order valence-corrected chi connectivity index (χ1v) is 9.04. The van der Waals surface area contributed by atoms with Crippen LogP contribution in [0.2, 0.25) is 0 Å². The van der Waals surface area contributed by atoms with Crippen LogP contribution in [0.5, 0.6) is 0 Å². The van der Waals surface area contributed by atoms with Crippen molar-refractivity contribution < 1.29 is 14.1 Å². The molecule has 0 N–H and O–H groups in total. The van der Waals surface area contributed by atoms with Gasteiger partial charge in [-0.25, -0.2) is 0 Å². The molecule has 0 spiro atoms. The number of likely N-dealkylation sites (tertiary alicyclic amines) is 1. The minimum absolute atomic E-state index is 0.000822. The minimum atomic E-state index is -0.466. The summed E-state index contributed by atoms with van der Waals surface area (Å²) in [6, 6.07) is 6.16. The third kappa shape index (κ3) is 4.16. The molecule has 0 radical (unpaired) electrons. The largest absolute Gasteiger partial charge is 0.411 e. The summed E-state index contributed by atoms with van der Waals surface area (Å²) < 4.78 is 5.53. The zero-order valence-electron chi connectivity index (χ0n) is 13.8. The second kappa shape index (κ2) is 7.64. The molecule has 1 amide bonds.